The molecule has 0 radical (unpaired) electrons. The lowest BCUT2D eigenvalue weighted by Gasteiger charge is -2.29. The quantitative estimate of drug-likeness (QED) is 0.284. The van der Waals surface area contributed by atoms with Gasteiger partial charge in [-0.1, -0.05) is 25.0 Å². The minimum atomic E-state index is 0. The van der Waals surface area contributed by atoms with E-state index in [0.29, 0.717) is 6.54 Å². The fraction of sp³-hybridized carbons (Fsp3) is 0.636. The molecule has 29 heavy (non-hydrogen) atoms. The number of guanidine groups is 1. The van der Waals surface area contributed by atoms with E-state index in [-0.39, 0.29) is 36.5 Å². The molecule has 0 bridgehead atoms. The molecule has 160 valence electrons. The Morgan fingerprint density at radius 2 is 1.93 bits per heavy atom. The molecule has 2 heterocycles. The summed E-state index contributed by atoms with van der Waals surface area (Å²) in [7, 11) is 0. The predicted octanol–water partition coefficient (Wildman–Crippen LogP) is 3.51. The van der Waals surface area contributed by atoms with Gasteiger partial charge in [-0.3, -0.25) is 9.79 Å². The van der Waals surface area contributed by atoms with Gasteiger partial charge in [-0.05, 0) is 50.2 Å². The van der Waals surface area contributed by atoms with Crippen LogP contribution >= 0.6 is 24.0 Å². The molecule has 1 saturated heterocycles. The van der Waals surface area contributed by atoms with Crippen LogP contribution in [0.25, 0.3) is 0 Å². The van der Waals surface area contributed by atoms with E-state index in [2.05, 4.69) is 17.1 Å². The molecule has 2 unspecified atom stereocenters. The molecule has 1 aromatic rings. The lowest BCUT2D eigenvalue weighted by molar-refractivity contribution is -0.121. The third kappa shape index (κ3) is 5.16. The van der Waals surface area contributed by atoms with Gasteiger partial charge >= 0.3 is 0 Å². The first-order valence-corrected chi connectivity index (χ1v) is 10.8. The SMILES string of the molecule is CCNC(=NCCCN1C(=O)COc2ccccc21)N1CC2CCCCC2C1.I. The van der Waals surface area contributed by atoms with Gasteiger partial charge in [-0.15, -0.1) is 24.0 Å². The highest BCUT2D eigenvalue weighted by Crippen LogP contribution is 2.36. The molecule has 3 aliphatic rings. The molecule has 1 N–H and O–H groups in total. The zero-order valence-corrected chi connectivity index (χ0v) is 19.6. The molecule has 4 rings (SSSR count). The van der Waals surface area contributed by atoms with Crippen LogP contribution < -0.4 is 15.0 Å². The maximum Gasteiger partial charge on any atom is 0.265 e. The minimum Gasteiger partial charge on any atom is -0.482 e. The van der Waals surface area contributed by atoms with Crippen molar-refractivity contribution < 1.29 is 9.53 Å². The van der Waals surface area contributed by atoms with Crippen molar-refractivity contribution in [3.63, 3.8) is 0 Å². The van der Waals surface area contributed by atoms with Crippen molar-refractivity contribution in [2.75, 3.05) is 44.2 Å². The fourth-order valence-corrected chi connectivity index (χ4v) is 4.82. The molecule has 6 nitrogen and oxygen atoms in total. The Kier molecular flexibility index (Phi) is 8.03. The van der Waals surface area contributed by atoms with Crippen molar-refractivity contribution in [3.05, 3.63) is 24.3 Å². The zero-order valence-electron chi connectivity index (χ0n) is 17.3. The average molecular weight is 512 g/mol. The number of carbonyl (C=O) groups is 1. The van der Waals surface area contributed by atoms with Crippen molar-refractivity contribution in [1.82, 2.24) is 10.2 Å². The Morgan fingerprint density at radius 1 is 1.21 bits per heavy atom. The van der Waals surface area contributed by atoms with Gasteiger partial charge in [0.15, 0.2) is 12.6 Å². The molecule has 1 aromatic carbocycles. The van der Waals surface area contributed by atoms with Crippen LogP contribution in [0.4, 0.5) is 5.69 Å². The van der Waals surface area contributed by atoms with Crippen molar-refractivity contribution in [2.24, 2.45) is 16.8 Å². The predicted molar refractivity (Wildman–Crippen MR) is 127 cm³/mol. The number of benzene rings is 1. The number of hydrogen-bond acceptors (Lipinski definition) is 3. The van der Waals surface area contributed by atoms with E-state index in [4.69, 9.17) is 9.73 Å². The number of ether oxygens (including phenoxy) is 1. The minimum absolute atomic E-state index is 0. The lowest BCUT2D eigenvalue weighted by Crippen LogP contribution is -2.41. The molecule has 2 fully saturated rings. The highest BCUT2D eigenvalue weighted by atomic mass is 127. The Morgan fingerprint density at radius 3 is 2.66 bits per heavy atom. The van der Waals surface area contributed by atoms with E-state index in [1.165, 1.54) is 25.7 Å². The van der Waals surface area contributed by atoms with Gasteiger partial charge in [-0.25, -0.2) is 0 Å². The maximum absolute atomic E-state index is 12.3. The number of nitrogens with zero attached hydrogens (tertiary/aromatic N) is 3. The normalized spacial score (nSPS) is 23.8. The van der Waals surface area contributed by atoms with Crippen LogP contribution in [0.2, 0.25) is 0 Å². The first-order chi connectivity index (χ1) is 13.8. The first-order valence-electron chi connectivity index (χ1n) is 10.8. The van der Waals surface area contributed by atoms with Crippen LogP contribution in [-0.2, 0) is 4.79 Å². The number of fused-ring (bicyclic) bond motifs is 2. The summed E-state index contributed by atoms with van der Waals surface area (Å²) in [6.45, 7) is 6.83. The number of likely N-dealkylation sites (tertiary alicyclic amines) is 1. The number of carbonyl (C=O) groups excluding carboxylic acids is 1. The van der Waals surface area contributed by atoms with Gasteiger partial charge in [0.1, 0.15) is 5.75 Å². The standard InChI is InChI=1S/C22H32N4O2.HI/c1-2-23-22(25-14-17-8-3-4-9-18(17)15-25)24-12-7-13-26-19-10-5-6-11-20(19)28-16-21(26)27;/h5-6,10-11,17-18H,2-4,7-9,12-16H2,1H3,(H,23,24);1H. The summed E-state index contributed by atoms with van der Waals surface area (Å²) in [6, 6.07) is 7.75. The third-order valence-electron chi connectivity index (χ3n) is 6.22. The summed E-state index contributed by atoms with van der Waals surface area (Å²) in [5.74, 6) is 3.56. The van der Waals surface area contributed by atoms with E-state index in [9.17, 15) is 4.79 Å². The number of halogens is 1. The van der Waals surface area contributed by atoms with Crippen LogP contribution in [0, 0.1) is 11.8 Å². The second-order valence-corrected chi connectivity index (χ2v) is 8.10. The van der Waals surface area contributed by atoms with Gasteiger partial charge in [0.2, 0.25) is 0 Å². The molecule has 1 aliphatic carbocycles. The smallest absolute Gasteiger partial charge is 0.265 e. The van der Waals surface area contributed by atoms with Crippen LogP contribution in [0.1, 0.15) is 39.0 Å². The molecule has 0 spiro atoms. The molecule has 2 aliphatic heterocycles. The van der Waals surface area contributed by atoms with Crippen LogP contribution in [0.5, 0.6) is 5.75 Å². The number of amides is 1. The van der Waals surface area contributed by atoms with Crippen LogP contribution in [-0.4, -0.2) is 56.1 Å². The monoisotopic (exact) mass is 512 g/mol. The largest absolute Gasteiger partial charge is 0.482 e. The van der Waals surface area contributed by atoms with Crippen molar-refractivity contribution in [2.45, 2.75) is 39.0 Å². The summed E-state index contributed by atoms with van der Waals surface area (Å²) in [4.78, 5) is 21.5. The van der Waals surface area contributed by atoms with Crippen LogP contribution in [0.3, 0.4) is 0 Å². The van der Waals surface area contributed by atoms with E-state index in [1.54, 1.807) is 0 Å². The highest BCUT2D eigenvalue weighted by molar-refractivity contribution is 14.0. The van der Waals surface area contributed by atoms with Crippen molar-refractivity contribution in [3.8, 4) is 5.75 Å². The highest BCUT2D eigenvalue weighted by Gasteiger charge is 2.35. The van der Waals surface area contributed by atoms with Crippen molar-refractivity contribution >= 4 is 41.5 Å². The topological polar surface area (TPSA) is 57.2 Å². The summed E-state index contributed by atoms with van der Waals surface area (Å²) in [5, 5.41) is 3.47. The third-order valence-corrected chi connectivity index (χ3v) is 6.22. The summed E-state index contributed by atoms with van der Waals surface area (Å²) in [6.07, 6.45) is 6.36. The Hall–Kier alpha value is -1.51. The maximum atomic E-state index is 12.3. The molecule has 2 atom stereocenters. The number of rotatable bonds is 5. The Bertz CT molecular complexity index is 713. The molecule has 7 heteroatoms. The Balaban J connectivity index is 0.00000240. The number of nitrogens with one attached hydrogen (secondary N) is 1. The molecule has 1 amide bonds. The molecular formula is C22H33IN4O2. The second kappa shape index (κ2) is 10.5. The lowest BCUT2D eigenvalue weighted by atomic mass is 9.82. The van der Waals surface area contributed by atoms with Crippen LogP contribution in [0.15, 0.2) is 29.3 Å². The second-order valence-electron chi connectivity index (χ2n) is 8.10. The average Bonchev–Trinajstić information content (AvgIpc) is 3.15. The van der Waals surface area contributed by atoms with E-state index >= 15 is 0 Å². The van der Waals surface area contributed by atoms with Gasteiger partial charge in [0.05, 0.1) is 5.69 Å². The van der Waals surface area contributed by atoms with Crippen molar-refractivity contribution in [1.29, 1.82) is 0 Å². The van der Waals surface area contributed by atoms with Gasteiger partial charge in [-0.2, -0.15) is 0 Å². The zero-order chi connectivity index (χ0) is 19.3. The summed E-state index contributed by atoms with van der Waals surface area (Å²) >= 11 is 0. The van der Waals surface area contributed by atoms with Gasteiger partial charge in [0, 0.05) is 32.7 Å². The number of hydrogen-bond donors (Lipinski definition) is 1. The number of para-hydroxylation sites is 2. The van der Waals surface area contributed by atoms with E-state index in [0.717, 1.165) is 61.8 Å². The fourth-order valence-electron chi connectivity index (χ4n) is 4.82. The van der Waals surface area contributed by atoms with Gasteiger partial charge in [0.25, 0.3) is 5.91 Å². The summed E-state index contributed by atoms with van der Waals surface area (Å²) < 4.78 is 5.52. The Labute approximate surface area is 191 Å². The molecule has 1 saturated carbocycles. The van der Waals surface area contributed by atoms with Gasteiger partial charge < -0.3 is 19.9 Å². The molecular weight excluding hydrogens is 479 g/mol. The van der Waals surface area contributed by atoms with E-state index in [1.807, 2.05) is 29.2 Å². The summed E-state index contributed by atoms with van der Waals surface area (Å²) in [5.41, 5.74) is 0.873. The number of anilines is 1. The molecule has 0 aromatic heterocycles. The van der Waals surface area contributed by atoms with E-state index < -0.39 is 0 Å². The number of aliphatic imine (C=N–C) groups is 1. The first kappa shape index (κ1) is 22.2.